The first-order valence-electron chi connectivity index (χ1n) is 5.48. The molecule has 1 saturated heterocycles. The molecule has 0 spiro atoms. The summed E-state index contributed by atoms with van der Waals surface area (Å²) < 4.78 is 1.30. The Hall–Kier alpha value is -0.0000000000000000555. The summed E-state index contributed by atoms with van der Waals surface area (Å²) in [5.74, 6) is -0.748. The van der Waals surface area contributed by atoms with E-state index < -0.39 is 12.0 Å². The Labute approximate surface area is 126 Å². The lowest BCUT2D eigenvalue weighted by atomic mass is 10.0. The van der Waals surface area contributed by atoms with Crippen LogP contribution in [-0.4, -0.2) is 28.6 Å². The second kappa shape index (κ2) is 6.96. The van der Waals surface area contributed by atoms with Gasteiger partial charge in [-0.2, -0.15) is 0 Å². The number of piperidine rings is 1. The highest BCUT2D eigenvalue weighted by atomic mass is 35.5. The number of thiophene rings is 1. The van der Waals surface area contributed by atoms with Crippen molar-refractivity contribution < 1.29 is 9.90 Å². The fraction of sp³-hybridized carbons (Fsp3) is 0.545. The van der Waals surface area contributed by atoms with Gasteiger partial charge in [0.2, 0.25) is 0 Å². The van der Waals surface area contributed by atoms with Crippen LogP contribution in [0.1, 0.15) is 24.8 Å². The fourth-order valence-corrected chi connectivity index (χ4v) is 3.63. The van der Waals surface area contributed by atoms with Crippen molar-refractivity contribution in [3.8, 4) is 0 Å². The number of hydrogen-bond donors (Lipinski definition) is 1. The lowest BCUT2D eigenvalue weighted by Gasteiger charge is -2.32. The lowest BCUT2D eigenvalue weighted by molar-refractivity contribution is -0.144. The van der Waals surface area contributed by atoms with Crippen molar-refractivity contribution in [2.45, 2.75) is 31.8 Å². The van der Waals surface area contributed by atoms with E-state index in [-0.39, 0.29) is 12.4 Å². The average Bonchev–Trinajstić information content (AvgIpc) is 2.58. The SMILES string of the molecule is Cl.O=C(O)C1CCCCN1Cc1cc(Cl)sc1Cl. The van der Waals surface area contributed by atoms with Crippen LogP contribution in [0.25, 0.3) is 0 Å². The van der Waals surface area contributed by atoms with Crippen LogP contribution in [0.15, 0.2) is 6.07 Å². The number of halogens is 3. The summed E-state index contributed by atoms with van der Waals surface area (Å²) in [6.45, 7) is 1.37. The molecule has 2 heterocycles. The standard InChI is InChI=1S/C11H13Cl2NO2S.ClH/c12-9-5-7(10(13)17-9)6-14-4-2-1-3-8(14)11(15)16;/h5,8H,1-4,6H2,(H,15,16);1H. The third-order valence-electron chi connectivity index (χ3n) is 3.00. The van der Waals surface area contributed by atoms with Crippen LogP contribution in [0, 0.1) is 0 Å². The number of aliphatic carboxylic acids is 1. The summed E-state index contributed by atoms with van der Waals surface area (Å²) in [5, 5.41) is 9.16. The molecule has 1 fully saturated rings. The van der Waals surface area contributed by atoms with Crippen LogP contribution in [-0.2, 0) is 11.3 Å². The molecular weight excluding hydrogens is 317 g/mol. The van der Waals surface area contributed by atoms with Gasteiger partial charge < -0.3 is 5.11 Å². The number of carboxylic acid groups (broad SMARTS) is 1. The van der Waals surface area contributed by atoms with E-state index in [1.165, 1.54) is 11.3 Å². The van der Waals surface area contributed by atoms with Crippen LogP contribution in [0.5, 0.6) is 0 Å². The summed E-state index contributed by atoms with van der Waals surface area (Å²) >= 11 is 13.3. The molecule has 0 aliphatic carbocycles. The van der Waals surface area contributed by atoms with Gasteiger partial charge in [0.05, 0.1) is 8.67 Å². The van der Waals surface area contributed by atoms with E-state index in [1.807, 2.05) is 11.0 Å². The van der Waals surface area contributed by atoms with Gasteiger partial charge in [-0.15, -0.1) is 23.7 Å². The molecule has 1 unspecified atom stereocenters. The highest BCUT2D eigenvalue weighted by Crippen LogP contribution is 2.33. The Morgan fingerprint density at radius 3 is 2.78 bits per heavy atom. The maximum atomic E-state index is 11.1. The van der Waals surface area contributed by atoms with Gasteiger partial charge in [-0.3, -0.25) is 9.69 Å². The van der Waals surface area contributed by atoms with Gasteiger partial charge in [0.1, 0.15) is 6.04 Å². The largest absolute Gasteiger partial charge is 0.480 e. The van der Waals surface area contributed by atoms with Crippen molar-refractivity contribution in [3.63, 3.8) is 0 Å². The fourth-order valence-electron chi connectivity index (χ4n) is 2.16. The second-order valence-corrected chi connectivity index (χ2v) is 6.46. The third kappa shape index (κ3) is 3.75. The van der Waals surface area contributed by atoms with Crippen LogP contribution < -0.4 is 0 Å². The average molecular weight is 331 g/mol. The highest BCUT2D eigenvalue weighted by Gasteiger charge is 2.28. The first-order valence-corrected chi connectivity index (χ1v) is 7.05. The molecule has 1 aliphatic heterocycles. The minimum Gasteiger partial charge on any atom is -0.480 e. The molecule has 0 bridgehead atoms. The van der Waals surface area contributed by atoms with Crippen molar-refractivity contribution in [3.05, 3.63) is 20.3 Å². The van der Waals surface area contributed by atoms with Gasteiger partial charge in [-0.25, -0.2) is 0 Å². The Morgan fingerprint density at radius 2 is 2.22 bits per heavy atom. The molecule has 1 atom stereocenters. The van der Waals surface area contributed by atoms with Gasteiger partial charge in [-0.05, 0) is 31.0 Å². The van der Waals surface area contributed by atoms with Gasteiger partial charge in [-0.1, -0.05) is 29.6 Å². The third-order valence-corrected chi connectivity index (χ3v) is 4.57. The molecule has 1 aromatic rings. The number of hydrogen-bond acceptors (Lipinski definition) is 3. The van der Waals surface area contributed by atoms with E-state index in [2.05, 4.69) is 0 Å². The zero-order valence-electron chi connectivity index (χ0n) is 9.57. The predicted octanol–water partition coefficient (Wildman–Crippen LogP) is 3.92. The molecule has 2 rings (SSSR count). The summed E-state index contributed by atoms with van der Waals surface area (Å²) in [7, 11) is 0. The number of rotatable bonds is 3. The topological polar surface area (TPSA) is 40.5 Å². The van der Waals surface area contributed by atoms with Gasteiger partial charge in [0, 0.05) is 6.54 Å². The number of carbonyl (C=O) groups is 1. The number of likely N-dealkylation sites (tertiary alicyclic amines) is 1. The normalized spacial score (nSPS) is 20.4. The van der Waals surface area contributed by atoms with E-state index in [0.717, 1.165) is 24.9 Å². The van der Waals surface area contributed by atoms with Crippen molar-refractivity contribution in [1.82, 2.24) is 4.90 Å². The van der Waals surface area contributed by atoms with Crippen molar-refractivity contribution >= 4 is 52.9 Å². The summed E-state index contributed by atoms with van der Waals surface area (Å²) in [6, 6.07) is 1.43. The molecule has 0 radical (unpaired) electrons. The Morgan fingerprint density at radius 1 is 1.50 bits per heavy atom. The van der Waals surface area contributed by atoms with Crippen molar-refractivity contribution in [2.75, 3.05) is 6.54 Å². The molecule has 7 heteroatoms. The van der Waals surface area contributed by atoms with E-state index in [4.69, 9.17) is 28.3 Å². The molecule has 18 heavy (non-hydrogen) atoms. The molecule has 0 aromatic carbocycles. The molecular formula is C11H14Cl3NO2S. The van der Waals surface area contributed by atoms with Crippen LogP contribution in [0.3, 0.4) is 0 Å². The predicted molar refractivity (Wildman–Crippen MR) is 77.3 cm³/mol. The Kier molecular flexibility index (Phi) is 6.21. The Bertz CT molecular complexity index is 424. The van der Waals surface area contributed by atoms with Crippen LogP contribution in [0.4, 0.5) is 0 Å². The maximum absolute atomic E-state index is 11.1. The van der Waals surface area contributed by atoms with E-state index in [1.54, 1.807) is 0 Å². The molecule has 0 amide bonds. The zero-order valence-corrected chi connectivity index (χ0v) is 12.7. The van der Waals surface area contributed by atoms with E-state index in [9.17, 15) is 4.79 Å². The van der Waals surface area contributed by atoms with E-state index in [0.29, 0.717) is 21.6 Å². The minimum absolute atomic E-state index is 0. The minimum atomic E-state index is -0.748. The molecule has 1 N–H and O–H groups in total. The summed E-state index contributed by atoms with van der Waals surface area (Å²) in [6.07, 6.45) is 2.73. The van der Waals surface area contributed by atoms with Gasteiger partial charge in [0.25, 0.3) is 0 Å². The van der Waals surface area contributed by atoms with Crippen LogP contribution in [0.2, 0.25) is 8.67 Å². The Balaban J connectivity index is 0.00000162. The summed E-state index contributed by atoms with van der Waals surface area (Å²) in [4.78, 5) is 13.1. The van der Waals surface area contributed by atoms with Gasteiger partial charge >= 0.3 is 5.97 Å². The van der Waals surface area contributed by atoms with E-state index >= 15 is 0 Å². The second-order valence-electron chi connectivity index (χ2n) is 4.17. The highest BCUT2D eigenvalue weighted by molar-refractivity contribution is 7.20. The smallest absolute Gasteiger partial charge is 0.320 e. The first kappa shape index (κ1) is 16.1. The lowest BCUT2D eigenvalue weighted by Crippen LogP contribution is -2.43. The number of carboxylic acids is 1. The molecule has 1 aliphatic rings. The van der Waals surface area contributed by atoms with Crippen molar-refractivity contribution in [2.24, 2.45) is 0 Å². The number of nitrogens with zero attached hydrogens (tertiary/aromatic N) is 1. The van der Waals surface area contributed by atoms with Crippen molar-refractivity contribution in [1.29, 1.82) is 0 Å². The monoisotopic (exact) mass is 329 g/mol. The summed E-state index contributed by atoms with van der Waals surface area (Å²) in [5.41, 5.74) is 0.926. The van der Waals surface area contributed by atoms with Gasteiger partial charge in [0.15, 0.2) is 0 Å². The first-order chi connectivity index (χ1) is 8.08. The zero-order chi connectivity index (χ0) is 12.4. The van der Waals surface area contributed by atoms with Crippen LogP contribution >= 0.6 is 46.9 Å². The molecule has 1 aromatic heterocycles. The molecule has 0 saturated carbocycles. The molecule has 3 nitrogen and oxygen atoms in total. The maximum Gasteiger partial charge on any atom is 0.320 e. The quantitative estimate of drug-likeness (QED) is 0.913. The molecule has 102 valence electrons.